The van der Waals surface area contributed by atoms with E-state index in [-0.39, 0.29) is 17.6 Å². The Bertz CT molecular complexity index is 433. The first-order valence-electron chi connectivity index (χ1n) is 7.78. The molecule has 0 spiro atoms. The van der Waals surface area contributed by atoms with Gasteiger partial charge in [0.15, 0.2) is 0 Å². The molecule has 2 unspecified atom stereocenters. The number of halogens is 1. The Kier molecular flexibility index (Phi) is 7.12. The Morgan fingerprint density at radius 2 is 1.86 bits per heavy atom. The van der Waals surface area contributed by atoms with E-state index in [1.807, 2.05) is 6.92 Å². The minimum atomic E-state index is -0.319. The van der Waals surface area contributed by atoms with Gasteiger partial charge in [-0.1, -0.05) is 26.7 Å². The van der Waals surface area contributed by atoms with Crippen molar-refractivity contribution < 1.29 is 9.50 Å². The molecule has 0 radical (unpaired) electrons. The van der Waals surface area contributed by atoms with Crippen LogP contribution in [0.4, 0.5) is 4.39 Å². The second kappa shape index (κ2) is 8.35. The van der Waals surface area contributed by atoms with Crippen LogP contribution in [0, 0.1) is 11.7 Å². The van der Waals surface area contributed by atoms with Crippen LogP contribution >= 0.6 is 0 Å². The van der Waals surface area contributed by atoms with Gasteiger partial charge in [0, 0.05) is 24.2 Å². The molecule has 0 aromatic heterocycles. The molecule has 0 amide bonds. The molecule has 1 aromatic carbocycles. The fourth-order valence-corrected chi connectivity index (χ4v) is 2.88. The average Bonchev–Trinajstić information content (AvgIpc) is 2.45. The number of benzene rings is 1. The van der Waals surface area contributed by atoms with Crippen molar-refractivity contribution in [2.75, 3.05) is 20.6 Å². The molecule has 0 fully saturated rings. The van der Waals surface area contributed by atoms with Gasteiger partial charge in [0.1, 0.15) is 11.6 Å². The average molecular weight is 296 g/mol. The van der Waals surface area contributed by atoms with Crippen LogP contribution in [0.5, 0.6) is 5.75 Å². The fourth-order valence-electron chi connectivity index (χ4n) is 2.88. The number of phenolic OH excluding ortho intramolecular Hbond substituents is 1. The second-order valence-corrected chi connectivity index (χ2v) is 5.94. The number of hydrogen-bond donors (Lipinski definition) is 2. The van der Waals surface area contributed by atoms with Crippen molar-refractivity contribution in [1.82, 2.24) is 10.2 Å². The first kappa shape index (κ1) is 17.9. The summed E-state index contributed by atoms with van der Waals surface area (Å²) in [5.41, 5.74) is 0.608. The standard InChI is InChI=1S/C17H29FN2O/c1-6-13(7-2)16(20(4)5)11-19-12(3)15-10-14(18)8-9-17(15)21/h8-10,12-13,16,19,21H,6-7,11H2,1-5H3. The van der Waals surface area contributed by atoms with Crippen LogP contribution in [0.15, 0.2) is 18.2 Å². The lowest BCUT2D eigenvalue weighted by Crippen LogP contribution is -2.43. The summed E-state index contributed by atoms with van der Waals surface area (Å²) < 4.78 is 13.3. The summed E-state index contributed by atoms with van der Waals surface area (Å²) in [5.74, 6) is 0.446. The number of hydrogen-bond acceptors (Lipinski definition) is 3. The Hall–Kier alpha value is -1.13. The molecule has 0 aliphatic heterocycles. The molecule has 1 aromatic rings. The molecule has 0 aliphatic carbocycles. The highest BCUT2D eigenvalue weighted by atomic mass is 19.1. The largest absolute Gasteiger partial charge is 0.508 e. The van der Waals surface area contributed by atoms with E-state index in [1.165, 1.54) is 18.2 Å². The number of aromatic hydroxyl groups is 1. The molecule has 2 N–H and O–H groups in total. The van der Waals surface area contributed by atoms with Crippen LogP contribution < -0.4 is 5.32 Å². The van der Waals surface area contributed by atoms with E-state index in [9.17, 15) is 9.50 Å². The van der Waals surface area contributed by atoms with E-state index in [1.54, 1.807) is 0 Å². The lowest BCUT2D eigenvalue weighted by molar-refractivity contribution is 0.190. The zero-order valence-corrected chi connectivity index (χ0v) is 13.9. The number of phenols is 1. The van der Waals surface area contributed by atoms with Crippen LogP contribution in [-0.2, 0) is 0 Å². The van der Waals surface area contributed by atoms with E-state index >= 15 is 0 Å². The number of rotatable bonds is 8. The zero-order chi connectivity index (χ0) is 16.0. The van der Waals surface area contributed by atoms with Gasteiger partial charge in [-0.2, -0.15) is 0 Å². The van der Waals surface area contributed by atoms with Crippen molar-refractivity contribution in [3.05, 3.63) is 29.6 Å². The Morgan fingerprint density at radius 3 is 2.38 bits per heavy atom. The first-order chi connectivity index (χ1) is 9.90. The monoisotopic (exact) mass is 296 g/mol. The summed E-state index contributed by atoms with van der Waals surface area (Å²) in [6.45, 7) is 7.20. The minimum absolute atomic E-state index is 0.0856. The van der Waals surface area contributed by atoms with Gasteiger partial charge in [-0.15, -0.1) is 0 Å². The van der Waals surface area contributed by atoms with E-state index in [0.29, 0.717) is 17.5 Å². The molecule has 2 atom stereocenters. The molecule has 1 rings (SSSR count). The summed E-state index contributed by atoms with van der Waals surface area (Å²) in [7, 11) is 4.18. The van der Waals surface area contributed by atoms with Crippen molar-refractivity contribution in [3.63, 3.8) is 0 Å². The molecule has 0 bridgehead atoms. The molecular weight excluding hydrogens is 267 g/mol. The van der Waals surface area contributed by atoms with Crippen molar-refractivity contribution in [2.45, 2.75) is 45.7 Å². The molecular formula is C17H29FN2O. The Morgan fingerprint density at radius 1 is 1.24 bits per heavy atom. The summed E-state index contributed by atoms with van der Waals surface area (Å²) in [5, 5.41) is 13.3. The molecule has 4 heteroatoms. The molecule has 21 heavy (non-hydrogen) atoms. The van der Waals surface area contributed by atoms with Crippen LogP contribution in [0.3, 0.4) is 0 Å². The Labute approximate surface area is 128 Å². The molecule has 120 valence electrons. The minimum Gasteiger partial charge on any atom is -0.508 e. The van der Waals surface area contributed by atoms with Gasteiger partial charge in [0.25, 0.3) is 0 Å². The predicted molar refractivity (Wildman–Crippen MR) is 86.0 cm³/mol. The quantitative estimate of drug-likeness (QED) is 0.770. The van der Waals surface area contributed by atoms with Crippen molar-refractivity contribution in [2.24, 2.45) is 5.92 Å². The van der Waals surface area contributed by atoms with Crippen LogP contribution in [-0.4, -0.2) is 36.7 Å². The third-order valence-corrected chi connectivity index (χ3v) is 4.35. The second-order valence-electron chi connectivity index (χ2n) is 5.94. The topological polar surface area (TPSA) is 35.5 Å². The summed E-state index contributed by atoms with van der Waals surface area (Å²) in [6, 6.07) is 4.43. The van der Waals surface area contributed by atoms with Gasteiger partial charge in [-0.25, -0.2) is 4.39 Å². The highest BCUT2D eigenvalue weighted by Crippen LogP contribution is 2.25. The summed E-state index contributed by atoms with van der Waals surface area (Å²) in [6.07, 6.45) is 2.28. The third kappa shape index (κ3) is 4.97. The van der Waals surface area contributed by atoms with Gasteiger partial charge < -0.3 is 15.3 Å². The normalized spacial score (nSPS) is 14.7. The van der Waals surface area contributed by atoms with Gasteiger partial charge in [-0.3, -0.25) is 0 Å². The number of likely N-dealkylation sites (N-methyl/N-ethyl adjacent to an activating group) is 1. The van der Waals surface area contributed by atoms with Gasteiger partial charge in [-0.05, 0) is 45.1 Å². The lowest BCUT2D eigenvalue weighted by Gasteiger charge is -2.32. The molecule has 0 saturated carbocycles. The molecule has 0 heterocycles. The van der Waals surface area contributed by atoms with Crippen LogP contribution in [0.2, 0.25) is 0 Å². The SMILES string of the molecule is CCC(CC)C(CNC(C)c1cc(F)ccc1O)N(C)C. The number of nitrogens with one attached hydrogen (secondary N) is 1. The Balaban J connectivity index is 2.73. The first-order valence-corrected chi connectivity index (χ1v) is 7.78. The zero-order valence-electron chi connectivity index (χ0n) is 13.9. The highest BCUT2D eigenvalue weighted by molar-refractivity contribution is 5.34. The van der Waals surface area contributed by atoms with E-state index < -0.39 is 0 Å². The molecule has 0 aliphatic rings. The van der Waals surface area contributed by atoms with E-state index in [2.05, 4.69) is 38.2 Å². The van der Waals surface area contributed by atoms with Gasteiger partial charge in [0.05, 0.1) is 0 Å². The summed E-state index contributed by atoms with van der Waals surface area (Å²) in [4.78, 5) is 2.24. The maximum Gasteiger partial charge on any atom is 0.123 e. The fraction of sp³-hybridized carbons (Fsp3) is 0.647. The maximum atomic E-state index is 13.3. The molecule has 3 nitrogen and oxygen atoms in total. The number of nitrogens with zero attached hydrogens (tertiary/aromatic N) is 1. The van der Waals surface area contributed by atoms with Crippen molar-refractivity contribution in [3.8, 4) is 5.75 Å². The van der Waals surface area contributed by atoms with E-state index in [0.717, 1.165) is 19.4 Å². The highest BCUT2D eigenvalue weighted by Gasteiger charge is 2.21. The predicted octanol–water partition coefficient (Wildman–Crippen LogP) is 3.55. The van der Waals surface area contributed by atoms with Crippen molar-refractivity contribution in [1.29, 1.82) is 0 Å². The van der Waals surface area contributed by atoms with Crippen molar-refractivity contribution >= 4 is 0 Å². The van der Waals surface area contributed by atoms with Crippen LogP contribution in [0.1, 0.15) is 45.2 Å². The lowest BCUT2D eigenvalue weighted by atomic mass is 9.93. The molecule has 0 saturated heterocycles. The third-order valence-electron chi connectivity index (χ3n) is 4.35. The van der Waals surface area contributed by atoms with Gasteiger partial charge >= 0.3 is 0 Å². The maximum absolute atomic E-state index is 13.3. The van der Waals surface area contributed by atoms with E-state index in [4.69, 9.17) is 0 Å². The van der Waals surface area contributed by atoms with Crippen LogP contribution in [0.25, 0.3) is 0 Å². The smallest absolute Gasteiger partial charge is 0.123 e. The van der Waals surface area contributed by atoms with Gasteiger partial charge in [0.2, 0.25) is 0 Å². The summed E-state index contributed by atoms with van der Waals surface area (Å²) >= 11 is 0.